The van der Waals surface area contributed by atoms with Crippen LogP contribution in [0.2, 0.25) is 0 Å². The number of amides is 2. The number of anilines is 2. The van der Waals surface area contributed by atoms with Crippen molar-refractivity contribution in [2.75, 3.05) is 10.6 Å². The van der Waals surface area contributed by atoms with E-state index in [9.17, 15) is 4.79 Å². The molecule has 0 atom stereocenters. The van der Waals surface area contributed by atoms with Crippen molar-refractivity contribution < 1.29 is 4.79 Å². The van der Waals surface area contributed by atoms with E-state index in [0.29, 0.717) is 5.69 Å². The van der Waals surface area contributed by atoms with Crippen LogP contribution in [0.25, 0.3) is 0 Å². The molecule has 0 spiro atoms. The van der Waals surface area contributed by atoms with Crippen molar-refractivity contribution in [1.82, 2.24) is 4.98 Å². The van der Waals surface area contributed by atoms with Crippen LogP contribution in [0.15, 0.2) is 47.1 Å². The van der Waals surface area contributed by atoms with Crippen molar-refractivity contribution in [2.24, 2.45) is 0 Å². The second kappa shape index (κ2) is 5.64. The molecule has 1 aromatic heterocycles. The molecular weight excluding hydrogens is 294 g/mol. The number of halogens is 1. The zero-order valence-electron chi connectivity index (χ0n) is 9.77. The quantitative estimate of drug-likeness (QED) is 0.829. The summed E-state index contributed by atoms with van der Waals surface area (Å²) in [6.45, 7) is 1.84. The Hall–Kier alpha value is -1.88. The fraction of sp³-hybridized carbons (Fsp3) is 0.0769. The highest BCUT2D eigenvalue weighted by Crippen LogP contribution is 2.16. The van der Waals surface area contributed by atoms with Gasteiger partial charge in [-0.2, -0.15) is 0 Å². The summed E-state index contributed by atoms with van der Waals surface area (Å²) in [5.74, 6) is 0. The topological polar surface area (TPSA) is 54.0 Å². The Kier molecular flexibility index (Phi) is 3.94. The van der Waals surface area contributed by atoms with Gasteiger partial charge in [-0.3, -0.25) is 0 Å². The maximum atomic E-state index is 11.8. The molecule has 5 heteroatoms. The number of urea groups is 1. The lowest BCUT2D eigenvalue weighted by molar-refractivity contribution is 0.262. The summed E-state index contributed by atoms with van der Waals surface area (Å²) in [6.07, 6.45) is 0. The lowest BCUT2D eigenvalue weighted by Crippen LogP contribution is -2.20. The third-order valence-corrected chi connectivity index (χ3v) is 2.77. The van der Waals surface area contributed by atoms with E-state index >= 15 is 0 Å². The number of rotatable bonds is 2. The maximum Gasteiger partial charge on any atom is 0.323 e. The Labute approximate surface area is 114 Å². The number of hydrogen-bond donors (Lipinski definition) is 2. The first kappa shape index (κ1) is 12.6. The summed E-state index contributed by atoms with van der Waals surface area (Å²) in [4.78, 5) is 16.0. The molecule has 4 nitrogen and oxygen atoms in total. The van der Waals surface area contributed by atoms with E-state index in [-0.39, 0.29) is 6.03 Å². The number of nitrogens with one attached hydrogen (secondary N) is 2. The molecule has 0 bridgehead atoms. The maximum absolute atomic E-state index is 11.8. The van der Waals surface area contributed by atoms with Crippen molar-refractivity contribution >= 4 is 33.3 Å². The average Bonchev–Trinajstić information content (AvgIpc) is 2.34. The second-order valence-electron chi connectivity index (χ2n) is 3.71. The first-order valence-electron chi connectivity index (χ1n) is 5.41. The molecule has 2 aromatic rings. The van der Waals surface area contributed by atoms with Gasteiger partial charge in [0.15, 0.2) is 0 Å². The Morgan fingerprint density at radius 3 is 2.50 bits per heavy atom. The number of hydrogen-bond acceptors (Lipinski definition) is 2. The third kappa shape index (κ3) is 3.30. The van der Waals surface area contributed by atoms with Crippen LogP contribution >= 0.6 is 15.9 Å². The molecule has 92 valence electrons. The van der Waals surface area contributed by atoms with Gasteiger partial charge in [-0.05, 0) is 47.1 Å². The molecule has 0 fully saturated rings. The Morgan fingerprint density at radius 1 is 1.11 bits per heavy atom. The van der Waals surface area contributed by atoms with Gasteiger partial charge in [0.1, 0.15) is 4.60 Å². The van der Waals surface area contributed by atoms with E-state index < -0.39 is 0 Å². The van der Waals surface area contributed by atoms with E-state index in [2.05, 4.69) is 31.5 Å². The minimum absolute atomic E-state index is 0.284. The molecule has 2 N–H and O–H groups in total. The van der Waals surface area contributed by atoms with Gasteiger partial charge in [0.2, 0.25) is 0 Å². The van der Waals surface area contributed by atoms with E-state index in [4.69, 9.17) is 0 Å². The van der Waals surface area contributed by atoms with Crippen LogP contribution in [0.3, 0.4) is 0 Å². The number of para-hydroxylation sites is 1. The number of nitrogens with zero attached hydrogens (tertiary/aromatic N) is 1. The molecule has 0 saturated heterocycles. The second-order valence-corrected chi connectivity index (χ2v) is 4.52. The van der Waals surface area contributed by atoms with Crippen LogP contribution < -0.4 is 10.6 Å². The summed E-state index contributed by atoms with van der Waals surface area (Å²) in [5.41, 5.74) is 2.19. The highest BCUT2D eigenvalue weighted by atomic mass is 79.9. The van der Waals surface area contributed by atoms with Gasteiger partial charge in [0.05, 0.1) is 11.4 Å². The molecular formula is C13H12BrN3O. The van der Waals surface area contributed by atoms with E-state index in [1.165, 1.54) is 0 Å². The minimum Gasteiger partial charge on any atom is -0.308 e. The fourth-order valence-corrected chi connectivity index (χ4v) is 1.87. The van der Waals surface area contributed by atoms with Crippen molar-refractivity contribution in [2.45, 2.75) is 6.92 Å². The van der Waals surface area contributed by atoms with E-state index in [0.717, 1.165) is 16.0 Å². The zero-order valence-corrected chi connectivity index (χ0v) is 11.4. The molecule has 0 aliphatic carbocycles. The monoisotopic (exact) mass is 305 g/mol. The van der Waals surface area contributed by atoms with Crippen LogP contribution in [0.4, 0.5) is 16.2 Å². The fourth-order valence-electron chi connectivity index (χ4n) is 1.47. The van der Waals surface area contributed by atoms with Crippen molar-refractivity contribution in [3.05, 3.63) is 52.8 Å². The summed E-state index contributed by atoms with van der Waals surface area (Å²) in [6, 6.07) is 12.6. The summed E-state index contributed by atoms with van der Waals surface area (Å²) < 4.78 is 0.744. The highest BCUT2D eigenvalue weighted by molar-refractivity contribution is 9.10. The van der Waals surface area contributed by atoms with Gasteiger partial charge >= 0.3 is 6.03 Å². The molecule has 1 heterocycles. The predicted octanol–water partition coefficient (Wildman–Crippen LogP) is 3.80. The Morgan fingerprint density at radius 2 is 1.83 bits per heavy atom. The number of benzene rings is 1. The highest BCUT2D eigenvalue weighted by Gasteiger charge is 2.05. The van der Waals surface area contributed by atoms with Crippen LogP contribution in [0.5, 0.6) is 0 Å². The molecule has 18 heavy (non-hydrogen) atoms. The molecule has 2 rings (SSSR count). The van der Waals surface area contributed by atoms with E-state index in [1.54, 1.807) is 12.1 Å². The summed E-state index contributed by atoms with van der Waals surface area (Å²) >= 11 is 3.28. The van der Waals surface area contributed by atoms with Gasteiger partial charge in [0.25, 0.3) is 0 Å². The number of carbonyl (C=O) groups excluding carboxylic acids is 1. The van der Waals surface area contributed by atoms with Crippen LogP contribution in [-0.2, 0) is 0 Å². The molecule has 0 saturated carbocycles. The van der Waals surface area contributed by atoms with Crippen LogP contribution in [0.1, 0.15) is 5.69 Å². The lowest BCUT2D eigenvalue weighted by Gasteiger charge is -2.09. The summed E-state index contributed by atoms with van der Waals surface area (Å²) in [5, 5.41) is 5.50. The minimum atomic E-state index is -0.284. The molecule has 1 aromatic carbocycles. The van der Waals surface area contributed by atoms with Crippen molar-refractivity contribution in [3.8, 4) is 0 Å². The smallest absolute Gasteiger partial charge is 0.308 e. The van der Waals surface area contributed by atoms with Crippen molar-refractivity contribution in [3.63, 3.8) is 0 Å². The Balaban J connectivity index is 2.03. The predicted molar refractivity (Wildman–Crippen MR) is 75.8 cm³/mol. The lowest BCUT2D eigenvalue weighted by atomic mass is 10.3. The normalized spacial score (nSPS) is 9.89. The largest absolute Gasteiger partial charge is 0.323 e. The Bertz CT molecular complexity index is 557. The van der Waals surface area contributed by atoms with Crippen molar-refractivity contribution in [1.29, 1.82) is 0 Å². The summed E-state index contributed by atoms with van der Waals surface area (Å²) in [7, 11) is 0. The van der Waals surface area contributed by atoms with Crippen LogP contribution in [0, 0.1) is 6.92 Å². The molecule has 0 aliphatic rings. The molecule has 0 radical (unpaired) electrons. The van der Waals surface area contributed by atoms with Gasteiger partial charge in [-0.1, -0.05) is 18.2 Å². The third-order valence-electron chi connectivity index (χ3n) is 2.33. The van der Waals surface area contributed by atoms with Gasteiger partial charge in [-0.15, -0.1) is 0 Å². The first-order chi connectivity index (χ1) is 8.65. The van der Waals surface area contributed by atoms with E-state index in [1.807, 2.05) is 37.3 Å². The molecule has 0 unspecified atom stereocenters. The SMILES string of the molecule is Cc1nc(Br)ccc1NC(=O)Nc1ccccc1. The zero-order chi connectivity index (χ0) is 13.0. The van der Waals surface area contributed by atoms with Gasteiger partial charge in [0, 0.05) is 5.69 Å². The van der Waals surface area contributed by atoms with Crippen LogP contribution in [-0.4, -0.2) is 11.0 Å². The molecule has 2 amide bonds. The number of aryl methyl sites for hydroxylation is 1. The van der Waals surface area contributed by atoms with Gasteiger partial charge in [-0.25, -0.2) is 9.78 Å². The number of carbonyl (C=O) groups is 1. The number of aromatic nitrogens is 1. The standard InChI is InChI=1S/C13H12BrN3O/c1-9-11(7-8-12(14)15-9)17-13(18)16-10-5-3-2-4-6-10/h2-8H,1H3,(H2,16,17,18). The van der Waals surface area contributed by atoms with Gasteiger partial charge < -0.3 is 10.6 Å². The molecule has 0 aliphatic heterocycles. The average molecular weight is 306 g/mol. The first-order valence-corrected chi connectivity index (χ1v) is 6.20. The number of pyridine rings is 1.